The molecule has 0 fully saturated rings. The summed E-state index contributed by atoms with van der Waals surface area (Å²) in [7, 11) is -3.41. The van der Waals surface area contributed by atoms with Crippen LogP contribution >= 0.6 is 7.60 Å². The molecule has 106 valence electrons. The van der Waals surface area contributed by atoms with Gasteiger partial charge < -0.3 is 14.4 Å². The first-order valence-corrected chi connectivity index (χ1v) is 7.75. The summed E-state index contributed by atoms with van der Waals surface area (Å²) in [4.78, 5) is 11.2. The van der Waals surface area contributed by atoms with Crippen LogP contribution in [0.3, 0.4) is 0 Å². The predicted octanol–water partition coefficient (Wildman–Crippen LogP) is 2.84. The molecule has 0 atom stereocenters. The highest BCUT2D eigenvalue weighted by atomic mass is 31.2. The van der Waals surface area contributed by atoms with Crippen molar-refractivity contribution in [2.45, 2.75) is 27.7 Å². The molecular formula is C13H20NO4P. The average Bonchev–Trinajstić information content (AvgIpc) is 2.31. The second kappa shape index (κ2) is 6.85. The van der Waals surface area contributed by atoms with Crippen LogP contribution in [0.25, 0.3) is 0 Å². The third-order valence-electron chi connectivity index (χ3n) is 2.36. The molecule has 0 aliphatic rings. The second-order valence-corrected chi connectivity index (χ2v) is 6.03. The Kier molecular flexibility index (Phi) is 5.73. The van der Waals surface area contributed by atoms with E-state index in [1.54, 1.807) is 26.0 Å². The number of nitrogens with one attached hydrogen (secondary N) is 1. The first-order chi connectivity index (χ1) is 8.92. The summed E-state index contributed by atoms with van der Waals surface area (Å²) in [5.41, 5.74) is 1.38. The van der Waals surface area contributed by atoms with Crippen LogP contribution in [0, 0.1) is 6.92 Å². The first kappa shape index (κ1) is 15.9. The minimum atomic E-state index is -3.41. The van der Waals surface area contributed by atoms with E-state index >= 15 is 0 Å². The molecule has 0 saturated carbocycles. The maximum Gasteiger partial charge on any atom is 0.363 e. The highest BCUT2D eigenvalue weighted by Gasteiger charge is 2.30. The Balaban J connectivity index is 3.30. The van der Waals surface area contributed by atoms with Gasteiger partial charge in [-0.25, -0.2) is 0 Å². The number of carbonyl (C=O) groups excluding carboxylic acids is 1. The van der Waals surface area contributed by atoms with Crippen molar-refractivity contribution in [2.24, 2.45) is 0 Å². The van der Waals surface area contributed by atoms with Crippen molar-refractivity contribution in [1.29, 1.82) is 0 Å². The van der Waals surface area contributed by atoms with Crippen LogP contribution in [0.1, 0.15) is 26.3 Å². The molecule has 1 rings (SSSR count). The molecule has 0 unspecified atom stereocenters. The van der Waals surface area contributed by atoms with Crippen molar-refractivity contribution < 1.29 is 18.4 Å². The van der Waals surface area contributed by atoms with Crippen molar-refractivity contribution in [2.75, 3.05) is 18.5 Å². The van der Waals surface area contributed by atoms with Crippen molar-refractivity contribution in [1.82, 2.24) is 0 Å². The molecule has 1 amide bonds. The number of benzene rings is 1. The summed E-state index contributed by atoms with van der Waals surface area (Å²) in [6.45, 7) is 7.31. The third-order valence-corrected chi connectivity index (χ3v) is 4.51. The molecule has 0 aromatic heterocycles. The molecule has 5 nitrogen and oxygen atoms in total. The Hall–Kier alpha value is -1.16. The van der Waals surface area contributed by atoms with Crippen LogP contribution in [0.15, 0.2) is 18.2 Å². The number of anilines is 1. The zero-order chi connectivity index (χ0) is 14.5. The van der Waals surface area contributed by atoms with Crippen LogP contribution in [0.5, 0.6) is 0 Å². The molecule has 19 heavy (non-hydrogen) atoms. The summed E-state index contributed by atoms with van der Waals surface area (Å²) in [5, 5.41) is 3.05. The van der Waals surface area contributed by atoms with E-state index in [0.29, 0.717) is 11.0 Å². The van der Waals surface area contributed by atoms with Crippen molar-refractivity contribution in [3.63, 3.8) is 0 Å². The van der Waals surface area contributed by atoms with E-state index in [1.807, 2.05) is 13.0 Å². The predicted molar refractivity (Wildman–Crippen MR) is 76.0 cm³/mol. The van der Waals surface area contributed by atoms with E-state index in [4.69, 9.17) is 9.05 Å². The van der Waals surface area contributed by atoms with Gasteiger partial charge in [0.05, 0.1) is 24.2 Å². The van der Waals surface area contributed by atoms with Gasteiger partial charge >= 0.3 is 7.60 Å². The van der Waals surface area contributed by atoms with Gasteiger partial charge in [0.25, 0.3) is 0 Å². The van der Waals surface area contributed by atoms with Crippen LogP contribution < -0.4 is 10.6 Å². The fourth-order valence-electron chi connectivity index (χ4n) is 1.68. The molecule has 0 aliphatic heterocycles. The van der Waals surface area contributed by atoms with E-state index in [1.165, 1.54) is 6.92 Å². The molecule has 1 N–H and O–H groups in total. The van der Waals surface area contributed by atoms with Crippen LogP contribution in [-0.2, 0) is 18.4 Å². The third kappa shape index (κ3) is 4.16. The highest BCUT2D eigenvalue weighted by molar-refractivity contribution is 7.62. The lowest BCUT2D eigenvalue weighted by Gasteiger charge is -2.20. The van der Waals surface area contributed by atoms with Gasteiger partial charge in [0.1, 0.15) is 0 Å². The number of amides is 1. The summed E-state index contributed by atoms with van der Waals surface area (Å²) < 4.78 is 23.4. The summed E-state index contributed by atoms with van der Waals surface area (Å²) in [6, 6.07) is 5.26. The molecule has 1 aromatic carbocycles. The van der Waals surface area contributed by atoms with E-state index in [0.717, 1.165) is 5.56 Å². The Bertz CT molecular complexity index is 491. The smallest absolute Gasteiger partial charge is 0.325 e. The standard InChI is InChI=1S/C13H20NO4P/c1-5-17-19(16,18-6-2)13-9-10(3)7-8-12(13)14-11(4)15/h7-9H,5-6H2,1-4H3,(H,14,15). The number of carbonyl (C=O) groups is 1. The number of hydrogen-bond acceptors (Lipinski definition) is 4. The molecule has 0 radical (unpaired) electrons. The Morgan fingerprint density at radius 2 is 1.84 bits per heavy atom. The maximum absolute atomic E-state index is 12.8. The van der Waals surface area contributed by atoms with Gasteiger partial charge in [-0.3, -0.25) is 9.36 Å². The molecule has 0 saturated heterocycles. The SMILES string of the molecule is CCOP(=O)(OCC)c1cc(C)ccc1NC(C)=O. The fraction of sp³-hybridized carbons (Fsp3) is 0.462. The van der Waals surface area contributed by atoms with Crippen LogP contribution in [-0.4, -0.2) is 19.1 Å². The quantitative estimate of drug-likeness (QED) is 0.816. The van der Waals surface area contributed by atoms with Crippen molar-refractivity contribution >= 4 is 24.5 Å². The lowest BCUT2D eigenvalue weighted by atomic mass is 10.2. The minimum Gasteiger partial charge on any atom is -0.325 e. The van der Waals surface area contributed by atoms with Crippen LogP contribution in [0.4, 0.5) is 5.69 Å². The molecule has 1 aromatic rings. The molecule has 0 spiro atoms. The number of hydrogen-bond donors (Lipinski definition) is 1. The lowest BCUT2D eigenvalue weighted by molar-refractivity contribution is -0.114. The molecule has 0 aliphatic carbocycles. The van der Waals surface area contributed by atoms with E-state index < -0.39 is 7.60 Å². The van der Waals surface area contributed by atoms with Gasteiger partial charge in [0, 0.05) is 6.92 Å². The lowest BCUT2D eigenvalue weighted by Crippen LogP contribution is -2.19. The largest absolute Gasteiger partial charge is 0.363 e. The van der Waals surface area contributed by atoms with E-state index in [-0.39, 0.29) is 19.1 Å². The number of aryl methyl sites for hydroxylation is 1. The summed E-state index contributed by atoms with van der Waals surface area (Å²) in [5.74, 6) is -0.232. The fourth-order valence-corrected chi connectivity index (χ4v) is 3.50. The maximum atomic E-state index is 12.8. The number of rotatable bonds is 6. The molecular weight excluding hydrogens is 265 g/mol. The molecule has 0 heterocycles. The van der Waals surface area contributed by atoms with Gasteiger partial charge in [0.2, 0.25) is 5.91 Å². The Morgan fingerprint density at radius 1 is 1.26 bits per heavy atom. The second-order valence-electron chi connectivity index (χ2n) is 4.03. The van der Waals surface area contributed by atoms with Gasteiger partial charge in [-0.1, -0.05) is 11.6 Å². The Morgan fingerprint density at radius 3 is 2.32 bits per heavy atom. The molecule has 6 heteroatoms. The topological polar surface area (TPSA) is 64.6 Å². The van der Waals surface area contributed by atoms with Crippen LogP contribution in [0.2, 0.25) is 0 Å². The van der Waals surface area contributed by atoms with Gasteiger partial charge in [0.15, 0.2) is 0 Å². The molecule has 0 bridgehead atoms. The summed E-state index contributed by atoms with van der Waals surface area (Å²) >= 11 is 0. The van der Waals surface area contributed by atoms with Gasteiger partial charge in [-0.15, -0.1) is 0 Å². The normalized spacial score (nSPS) is 11.4. The first-order valence-electron chi connectivity index (χ1n) is 6.21. The van der Waals surface area contributed by atoms with E-state index in [9.17, 15) is 9.36 Å². The van der Waals surface area contributed by atoms with Gasteiger partial charge in [-0.05, 0) is 32.9 Å². The Labute approximate surface area is 113 Å². The highest BCUT2D eigenvalue weighted by Crippen LogP contribution is 2.48. The van der Waals surface area contributed by atoms with Gasteiger partial charge in [-0.2, -0.15) is 0 Å². The zero-order valence-corrected chi connectivity index (χ0v) is 12.6. The average molecular weight is 285 g/mol. The monoisotopic (exact) mass is 285 g/mol. The van der Waals surface area contributed by atoms with Crippen molar-refractivity contribution in [3.8, 4) is 0 Å². The minimum absolute atomic E-state index is 0.232. The van der Waals surface area contributed by atoms with Crippen molar-refractivity contribution in [3.05, 3.63) is 23.8 Å². The summed E-state index contributed by atoms with van der Waals surface area (Å²) in [6.07, 6.45) is 0. The zero-order valence-electron chi connectivity index (χ0n) is 11.7. The van der Waals surface area contributed by atoms with E-state index in [2.05, 4.69) is 5.32 Å².